The maximum absolute atomic E-state index is 11.8. The lowest BCUT2D eigenvalue weighted by molar-refractivity contribution is 0.0858. The molecule has 122 valence electrons. The van der Waals surface area contributed by atoms with E-state index in [4.69, 9.17) is 10.2 Å². The number of nitrogens with one attached hydrogen (secondary N) is 1. The van der Waals surface area contributed by atoms with Crippen molar-refractivity contribution in [1.82, 2.24) is 5.32 Å². The Bertz CT molecular complexity index is 840. The summed E-state index contributed by atoms with van der Waals surface area (Å²) in [6.45, 7) is -0.381. The molecule has 1 heterocycles. The molecule has 1 aromatic carbocycles. The van der Waals surface area contributed by atoms with Gasteiger partial charge in [0.1, 0.15) is 5.76 Å². The molecule has 8 nitrogen and oxygen atoms in total. The second kappa shape index (κ2) is 6.53. The number of carbonyl (C=O) groups excluding carboxylic acids is 2. The highest BCUT2D eigenvalue weighted by Gasteiger charge is 2.14. The molecule has 0 aliphatic carbocycles. The monoisotopic (exact) mass is 338 g/mol. The number of hydrogen-bond donors (Lipinski definition) is 2. The summed E-state index contributed by atoms with van der Waals surface area (Å²) in [7, 11) is -3.34. The lowest BCUT2D eigenvalue weighted by Gasteiger charge is -2.03. The lowest BCUT2D eigenvalue weighted by atomic mass is 10.2. The van der Waals surface area contributed by atoms with Crippen molar-refractivity contribution >= 4 is 21.8 Å². The maximum atomic E-state index is 11.8. The van der Waals surface area contributed by atoms with E-state index in [0.717, 1.165) is 6.26 Å². The molecule has 3 N–H and O–H groups in total. The first kappa shape index (κ1) is 16.6. The molecule has 0 bridgehead atoms. The second-order valence-electron chi connectivity index (χ2n) is 4.58. The molecule has 2 rings (SSSR count). The smallest absolute Gasteiger partial charge is 0.406 e. The van der Waals surface area contributed by atoms with Crippen LogP contribution in [0.2, 0.25) is 0 Å². The quantitative estimate of drug-likeness (QED) is 0.786. The van der Waals surface area contributed by atoms with Gasteiger partial charge in [-0.25, -0.2) is 13.2 Å². The Morgan fingerprint density at radius 1 is 1.26 bits per heavy atom. The van der Waals surface area contributed by atoms with Gasteiger partial charge >= 0.3 is 6.09 Å². The second-order valence-corrected chi connectivity index (χ2v) is 6.59. The number of carbonyl (C=O) groups is 2. The number of primary amides is 1. The van der Waals surface area contributed by atoms with E-state index in [1.54, 1.807) is 12.1 Å². The Morgan fingerprint density at radius 3 is 2.65 bits per heavy atom. The normalized spacial score (nSPS) is 11.0. The van der Waals surface area contributed by atoms with Gasteiger partial charge < -0.3 is 20.2 Å². The van der Waals surface area contributed by atoms with Crippen LogP contribution < -0.4 is 11.1 Å². The fourth-order valence-corrected chi connectivity index (χ4v) is 2.42. The third-order valence-electron chi connectivity index (χ3n) is 2.82. The summed E-state index contributed by atoms with van der Waals surface area (Å²) in [5.74, 6) is -0.286. The van der Waals surface area contributed by atoms with Gasteiger partial charge in [0.05, 0.1) is 4.90 Å². The van der Waals surface area contributed by atoms with Gasteiger partial charge in [-0.1, -0.05) is 12.1 Å². The lowest BCUT2D eigenvalue weighted by Crippen LogP contribution is -2.29. The van der Waals surface area contributed by atoms with Gasteiger partial charge in [0.15, 0.2) is 22.3 Å². The van der Waals surface area contributed by atoms with E-state index in [0.29, 0.717) is 11.3 Å². The summed E-state index contributed by atoms with van der Waals surface area (Å²) in [5, 5.41) is 2.28. The topological polar surface area (TPSA) is 129 Å². The number of hydrogen-bond acceptors (Lipinski definition) is 6. The molecule has 0 aliphatic heterocycles. The minimum atomic E-state index is -3.34. The van der Waals surface area contributed by atoms with Crippen LogP contribution in [0.15, 0.2) is 45.7 Å². The van der Waals surface area contributed by atoms with E-state index in [2.05, 4.69) is 10.1 Å². The third-order valence-corrected chi connectivity index (χ3v) is 3.93. The van der Waals surface area contributed by atoms with Gasteiger partial charge in [0, 0.05) is 11.8 Å². The van der Waals surface area contributed by atoms with Crippen molar-refractivity contribution in [2.75, 3.05) is 13.0 Å². The average molecular weight is 338 g/mol. The van der Waals surface area contributed by atoms with E-state index >= 15 is 0 Å². The third kappa shape index (κ3) is 4.33. The van der Waals surface area contributed by atoms with Crippen LogP contribution in [-0.4, -0.2) is 33.4 Å². The molecule has 9 heteroatoms. The van der Waals surface area contributed by atoms with E-state index < -0.39 is 21.8 Å². The number of nitrogens with two attached hydrogens (primary N) is 1. The van der Waals surface area contributed by atoms with E-state index in [1.165, 1.54) is 24.3 Å². The Kier molecular flexibility index (Phi) is 4.70. The van der Waals surface area contributed by atoms with Gasteiger partial charge in [-0.3, -0.25) is 4.79 Å². The minimum absolute atomic E-state index is 0.0159. The van der Waals surface area contributed by atoms with Crippen LogP contribution in [0.5, 0.6) is 0 Å². The number of rotatable bonds is 5. The fraction of sp³-hybridized carbons (Fsp3) is 0.143. The molecule has 0 radical (unpaired) electrons. The van der Waals surface area contributed by atoms with Crippen LogP contribution in [0.4, 0.5) is 4.79 Å². The first-order valence-electron chi connectivity index (χ1n) is 6.38. The highest BCUT2D eigenvalue weighted by atomic mass is 32.2. The first-order chi connectivity index (χ1) is 10.8. The van der Waals surface area contributed by atoms with Gasteiger partial charge in [0.25, 0.3) is 5.91 Å². The number of sulfone groups is 1. The van der Waals surface area contributed by atoms with E-state index in [1.807, 2.05) is 0 Å². The Labute approximate surface area is 132 Å². The zero-order chi connectivity index (χ0) is 17.0. The molecule has 1 aromatic heterocycles. The van der Waals surface area contributed by atoms with Crippen LogP contribution in [0.25, 0.3) is 11.3 Å². The SMILES string of the molecule is CS(=O)(=O)c1cccc(-c2ccc(C(=O)NCOC(N)=O)o2)c1. The highest BCUT2D eigenvalue weighted by Crippen LogP contribution is 2.24. The van der Waals surface area contributed by atoms with Crippen molar-refractivity contribution in [3.8, 4) is 11.3 Å². The minimum Gasteiger partial charge on any atom is -0.451 e. The molecule has 0 atom stereocenters. The Morgan fingerprint density at radius 2 is 2.00 bits per heavy atom. The van der Waals surface area contributed by atoms with Crippen molar-refractivity contribution in [1.29, 1.82) is 0 Å². The molecule has 2 aromatic rings. The predicted molar refractivity (Wildman–Crippen MR) is 80.3 cm³/mol. The van der Waals surface area contributed by atoms with Crippen LogP contribution in [0.1, 0.15) is 10.6 Å². The molecule has 2 amide bonds. The van der Waals surface area contributed by atoms with Gasteiger partial charge in [-0.2, -0.15) is 0 Å². The molecule has 0 saturated carbocycles. The number of furan rings is 1. The van der Waals surface area contributed by atoms with Crippen molar-refractivity contribution in [2.45, 2.75) is 4.90 Å². The molecule has 0 fully saturated rings. The maximum Gasteiger partial charge on any atom is 0.406 e. The van der Waals surface area contributed by atoms with Crippen molar-refractivity contribution in [2.24, 2.45) is 5.73 Å². The molecule has 0 aliphatic rings. The molecular formula is C14H14N2O6S. The predicted octanol–water partition coefficient (Wildman–Crippen LogP) is 1.13. The Hall–Kier alpha value is -2.81. The fourth-order valence-electron chi connectivity index (χ4n) is 1.75. The summed E-state index contributed by atoms with van der Waals surface area (Å²) >= 11 is 0. The van der Waals surface area contributed by atoms with Gasteiger partial charge in [-0.15, -0.1) is 0 Å². The molecule has 0 unspecified atom stereocenters. The van der Waals surface area contributed by atoms with Crippen molar-refractivity contribution in [3.63, 3.8) is 0 Å². The summed E-state index contributed by atoms with van der Waals surface area (Å²) in [6, 6.07) is 9.11. The number of ether oxygens (including phenoxy) is 1. The van der Waals surface area contributed by atoms with E-state index in [9.17, 15) is 18.0 Å². The van der Waals surface area contributed by atoms with Crippen LogP contribution in [-0.2, 0) is 14.6 Å². The first-order valence-corrected chi connectivity index (χ1v) is 8.27. The summed E-state index contributed by atoms with van der Waals surface area (Å²) in [6.07, 6.45) is 0.0919. The summed E-state index contributed by atoms with van der Waals surface area (Å²) in [4.78, 5) is 22.3. The van der Waals surface area contributed by atoms with Crippen LogP contribution in [0.3, 0.4) is 0 Å². The largest absolute Gasteiger partial charge is 0.451 e. The average Bonchev–Trinajstić information content (AvgIpc) is 2.96. The van der Waals surface area contributed by atoms with Gasteiger partial charge in [-0.05, 0) is 24.3 Å². The standard InChI is InChI=1S/C14H14N2O6S/c1-23(19,20)10-4-2-3-9(7-10)11-5-6-12(22-11)13(17)16-8-21-14(15)18/h2-7H,8H2,1H3,(H2,15,18)(H,16,17). The highest BCUT2D eigenvalue weighted by molar-refractivity contribution is 7.90. The van der Waals surface area contributed by atoms with E-state index in [-0.39, 0.29) is 17.4 Å². The summed E-state index contributed by atoms with van der Waals surface area (Å²) in [5.41, 5.74) is 5.28. The van der Waals surface area contributed by atoms with Gasteiger partial charge in [0.2, 0.25) is 0 Å². The zero-order valence-corrected chi connectivity index (χ0v) is 12.9. The number of amides is 2. The Balaban J connectivity index is 2.16. The van der Waals surface area contributed by atoms with Crippen LogP contribution in [0, 0.1) is 0 Å². The number of benzene rings is 1. The molecule has 23 heavy (non-hydrogen) atoms. The molecule has 0 spiro atoms. The van der Waals surface area contributed by atoms with Crippen LogP contribution >= 0.6 is 0 Å². The van der Waals surface area contributed by atoms with Crippen molar-refractivity contribution in [3.05, 3.63) is 42.2 Å². The molecular weight excluding hydrogens is 324 g/mol. The van der Waals surface area contributed by atoms with Crippen molar-refractivity contribution < 1.29 is 27.2 Å². The summed E-state index contributed by atoms with van der Waals surface area (Å²) < 4.78 is 32.9. The zero-order valence-electron chi connectivity index (χ0n) is 12.1. The molecule has 0 saturated heterocycles.